The molecule has 0 atom stereocenters. The van der Waals surface area contributed by atoms with Crippen LogP contribution in [0.1, 0.15) is 26.5 Å². The van der Waals surface area contributed by atoms with Crippen molar-refractivity contribution in [1.82, 2.24) is 9.55 Å². The van der Waals surface area contributed by atoms with E-state index in [0.29, 0.717) is 16.6 Å². The van der Waals surface area contributed by atoms with Crippen LogP contribution in [0.15, 0.2) is 30.5 Å². The Morgan fingerprint density at radius 1 is 1.42 bits per heavy atom. The number of nitrogens with one attached hydrogen (secondary N) is 1. The van der Waals surface area contributed by atoms with Crippen molar-refractivity contribution in [2.24, 2.45) is 0 Å². The standard InChI is InChI=1S/C16H12N4O4/c1-24-16(23)14-13(18)8(6-17)7-20(14)12-4-2-3-10-9(12)5-11(19-10)15(21)22/h2-5,7,19H,18H2,1H3,(H,21,22). The molecule has 0 amide bonds. The van der Waals surface area contributed by atoms with Crippen molar-refractivity contribution < 1.29 is 19.4 Å². The van der Waals surface area contributed by atoms with Gasteiger partial charge in [0.1, 0.15) is 11.8 Å². The number of benzene rings is 1. The highest BCUT2D eigenvalue weighted by molar-refractivity contribution is 6.00. The number of H-pyrrole nitrogens is 1. The molecule has 0 saturated carbocycles. The number of aromatic nitrogens is 2. The van der Waals surface area contributed by atoms with Crippen LogP contribution in [0.25, 0.3) is 16.6 Å². The number of ether oxygens (including phenoxy) is 1. The number of nitrogens with zero attached hydrogens (tertiary/aromatic N) is 2. The summed E-state index contributed by atoms with van der Waals surface area (Å²) in [5, 5.41) is 18.9. The maximum Gasteiger partial charge on any atom is 0.357 e. The quantitative estimate of drug-likeness (QED) is 0.630. The number of carboxylic acids is 1. The van der Waals surface area contributed by atoms with Gasteiger partial charge in [-0.05, 0) is 18.2 Å². The number of carbonyl (C=O) groups is 2. The van der Waals surface area contributed by atoms with E-state index in [1.165, 1.54) is 23.9 Å². The molecular formula is C16H12N4O4. The number of methoxy groups -OCH3 is 1. The fraction of sp³-hybridized carbons (Fsp3) is 0.0625. The zero-order valence-electron chi connectivity index (χ0n) is 12.5. The van der Waals surface area contributed by atoms with Gasteiger partial charge in [0.05, 0.1) is 24.0 Å². The number of nitriles is 1. The van der Waals surface area contributed by atoms with E-state index in [-0.39, 0.29) is 22.6 Å². The Morgan fingerprint density at radius 3 is 2.79 bits per heavy atom. The average Bonchev–Trinajstić information content (AvgIpc) is 3.15. The smallest absolute Gasteiger partial charge is 0.357 e. The third kappa shape index (κ3) is 2.16. The number of hydrogen-bond acceptors (Lipinski definition) is 5. The van der Waals surface area contributed by atoms with Crippen molar-refractivity contribution in [2.45, 2.75) is 0 Å². The minimum absolute atomic E-state index is 0.00958. The van der Waals surface area contributed by atoms with Gasteiger partial charge in [0.15, 0.2) is 5.69 Å². The lowest BCUT2D eigenvalue weighted by Gasteiger charge is -2.09. The Morgan fingerprint density at radius 2 is 2.17 bits per heavy atom. The third-order valence-corrected chi connectivity index (χ3v) is 3.67. The number of aromatic amines is 1. The second-order valence-electron chi connectivity index (χ2n) is 5.00. The molecule has 0 aliphatic carbocycles. The van der Waals surface area contributed by atoms with Gasteiger partial charge in [-0.3, -0.25) is 0 Å². The van der Waals surface area contributed by atoms with Gasteiger partial charge in [0.25, 0.3) is 0 Å². The van der Waals surface area contributed by atoms with Crippen LogP contribution >= 0.6 is 0 Å². The van der Waals surface area contributed by atoms with E-state index in [0.717, 1.165) is 0 Å². The van der Waals surface area contributed by atoms with Crippen LogP contribution in [0.2, 0.25) is 0 Å². The lowest BCUT2D eigenvalue weighted by molar-refractivity contribution is 0.0592. The number of hydrogen-bond donors (Lipinski definition) is 3. The van der Waals surface area contributed by atoms with Gasteiger partial charge in [-0.1, -0.05) is 6.07 Å². The summed E-state index contributed by atoms with van der Waals surface area (Å²) in [6.07, 6.45) is 1.42. The van der Waals surface area contributed by atoms with E-state index in [9.17, 15) is 9.59 Å². The number of nitrogen functional groups attached to an aromatic ring is 1. The zero-order chi connectivity index (χ0) is 17.4. The summed E-state index contributed by atoms with van der Waals surface area (Å²) < 4.78 is 6.17. The summed E-state index contributed by atoms with van der Waals surface area (Å²) >= 11 is 0. The number of esters is 1. The molecule has 24 heavy (non-hydrogen) atoms. The third-order valence-electron chi connectivity index (χ3n) is 3.67. The number of fused-ring (bicyclic) bond motifs is 1. The van der Waals surface area contributed by atoms with E-state index in [2.05, 4.69) is 4.98 Å². The highest BCUT2D eigenvalue weighted by atomic mass is 16.5. The van der Waals surface area contributed by atoms with Gasteiger partial charge in [-0.15, -0.1) is 0 Å². The Hall–Kier alpha value is -3.73. The molecule has 0 aliphatic rings. The monoisotopic (exact) mass is 324 g/mol. The molecule has 3 aromatic rings. The summed E-state index contributed by atoms with van der Waals surface area (Å²) in [5.41, 5.74) is 7.12. The topological polar surface area (TPSA) is 134 Å². The molecule has 0 radical (unpaired) electrons. The molecule has 4 N–H and O–H groups in total. The summed E-state index contributed by atoms with van der Waals surface area (Å²) in [6.45, 7) is 0. The predicted molar refractivity (Wildman–Crippen MR) is 85.1 cm³/mol. The number of aromatic carboxylic acids is 1. The van der Waals surface area contributed by atoms with E-state index < -0.39 is 11.9 Å². The van der Waals surface area contributed by atoms with Gasteiger partial charge >= 0.3 is 11.9 Å². The molecule has 120 valence electrons. The molecule has 8 nitrogen and oxygen atoms in total. The number of anilines is 1. The average molecular weight is 324 g/mol. The Labute approximate surface area is 135 Å². The molecule has 1 aromatic carbocycles. The van der Waals surface area contributed by atoms with Crippen molar-refractivity contribution in [3.8, 4) is 11.8 Å². The van der Waals surface area contributed by atoms with Crippen LogP contribution in [0, 0.1) is 11.3 Å². The summed E-state index contributed by atoms with van der Waals surface area (Å²) in [5.74, 6) is -1.80. The van der Waals surface area contributed by atoms with E-state index >= 15 is 0 Å². The fourth-order valence-corrected chi connectivity index (χ4v) is 2.57. The van der Waals surface area contributed by atoms with Crippen LogP contribution in [0.3, 0.4) is 0 Å². The van der Waals surface area contributed by atoms with Crippen LogP contribution in [-0.4, -0.2) is 33.7 Å². The summed E-state index contributed by atoms with van der Waals surface area (Å²) in [4.78, 5) is 26.0. The highest BCUT2D eigenvalue weighted by Gasteiger charge is 2.23. The van der Waals surface area contributed by atoms with Crippen molar-refractivity contribution in [3.63, 3.8) is 0 Å². The van der Waals surface area contributed by atoms with Gasteiger partial charge in [-0.2, -0.15) is 5.26 Å². The molecule has 0 saturated heterocycles. The largest absolute Gasteiger partial charge is 0.477 e. The van der Waals surface area contributed by atoms with Crippen LogP contribution in [0.4, 0.5) is 5.69 Å². The minimum Gasteiger partial charge on any atom is -0.477 e. The van der Waals surface area contributed by atoms with Gasteiger partial charge in [-0.25, -0.2) is 9.59 Å². The van der Waals surface area contributed by atoms with Crippen molar-refractivity contribution >= 4 is 28.5 Å². The first-order valence-electron chi connectivity index (χ1n) is 6.82. The maximum absolute atomic E-state index is 12.1. The molecule has 0 bridgehead atoms. The van der Waals surface area contributed by atoms with Gasteiger partial charge in [0, 0.05) is 17.1 Å². The molecule has 0 unspecified atom stereocenters. The highest BCUT2D eigenvalue weighted by Crippen LogP contribution is 2.29. The molecule has 0 aliphatic heterocycles. The van der Waals surface area contributed by atoms with Crippen molar-refractivity contribution in [3.05, 3.63) is 47.4 Å². The number of carbonyl (C=O) groups excluding carboxylic acids is 1. The Kier molecular flexibility index (Phi) is 3.46. The number of rotatable bonds is 3. The SMILES string of the molecule is COC(=O)c1c(N)c(C#N)cn1-c1cccc2[nH]c(C(=O)O)cc12. The van der Waals surface area contributed by atoms with Crippen molar-refractivity contribution in [1.29, 1.82) is 5.26 Å². The molecular weight excluding hydrogens is 312 g/mol. The molecule has 0 fully saturated rings. The molecule has 2 aromatic heterocycles. The fourth-order valence-electron chi connectivity index (χ4n) is 2.57. The number of nitrogens with two attached hydrogens (primary N) is 1. The first-order chi connectivity index (χ1) is 11.5. The first-order valence-corrected chi connectivity index (χ1v) is 6.82. The van der Waals surface area contributed by atoms with Gasteiger partial charge in [0.2, 0.25) is 0 Å². The zero-order valence-corrected chi connectivity index (χ0v) is 12.5. The molecule has 0 spiro atoms. The maximum atomic E-state index is 12.1. The Bertz CT molecular complexity index is 1020. The Balaban J connectivity index is 2.34. The van der Waals surface area contributed by atoms with Gasteiger partial charge < -0.3 is 25.1 Å². The molecule has 8 heteroatoms. The second kappa shape index (κ2) is 5.48. The van der Waals surface area contributed by atoms with E-state index in [4.69, 9.17) is 20.8 Å². The second-order valence-corrected chi connectivity index (χ2v) is 5.00. The first kappa shape index (κ1) is 15.2. The van der Waals surface area contributed by atoms with Crippen LogP contribution in [-0.2, 0) is 4.74 Å². The minimum atomic E-state index is -1.10. The molecule has 2 heterocycles. The summed E-state index contributed by atoms with van der Waals surface area (Å²) in [7, 11) is 1.21. The van der Waals surface area contributed by atoms with Crippen LogP contribution in [0.5, 0.6) is 0 Å². The normalized spacial score (nSPS) is 10.5. The lowest BCUT2D eigenvalue weighted by atomic mass is 10.2. The number of carboxylic acid groups (broad SMARTS) is 1. The van der Waals surface area contributed by atoms with E-state index in [1.807, 2.05) is 6.07 Å². The van der Waals surface area contributed by atoms with E-state index in [1.54, 1.807) is 18.2 Å². The van der Waals surface area contributed by atoms with Crippen LogP contribution < -0.4 is 5.73 Å². The van der Waals surface area contributed by atoms with Crippen molar-refractivity contribution in [2.75, 3.05) is 12.8 Å². The predicted octanol–water partition coefficient (Wildman–Crippen LogP) is 1.90. The lowest BCUT2D eigenvalue weighted by Crippen LogP contribution is -2.11. The summed E-state index contributed by atoms with van der Waals surface area (Å²) in [6, 6.07) is 8.47. The molecule has 3 rings (SSSR count).